The van der Waals surface area contributed by atoms with Gasteiger partial charge in [0.15, 0.2) is 0 Å². The number of benzene rings is 2. The van der Waals surface area contributed by atoms with Crippen LogP contribution in [0.5, 0.6) is 11.6 Å². The third kappa shape index (κ3) is 5.21. The van der Waals surface area contributed by atoms with Crippen LogP contribution in [0.2, 0.25) is 5.02 Å². The van der Waals surface area contributed by atoms with Crippen molar-refractivity contribution in [2.24, 2.45) is 0 Å². The minimum atomic E-state index is -0.817. The van der Waals surface area contributed by atoms with Crippen LogP contribution in [0.15, 0.2) is 53.3 Å². The zero-order chi connectivity index (χ0) is 22.5. The van der Waals surface area contributed by atoms with Crippen LogP contribution >= 0.6 is 27.5 Å². The fourth-order valence-electron chi connectivity index (χ4n) is 2.29. The summed E-state index contributed by atoms with van der Waals surface area (Å²) in [5.74, 6) is -1.25. The van der Waals surface area contributed by atoms with Gasteiger partial charge in [0.05, 0.1) is 9.85 Å². The number of nitro groups is 2. The molecule has 31 heavy (non-hydrogen) atoms. The number of carbonyl (C=O) groups excluding carboxylic acids is 1. The molecule has 0 bridgehead atoms. The Morgan fingerprint density at radius 2 is 1.77 bits per heavy atom. The van der Waals surface area contributed by atoms with Gasteiger partial charge in [-0.2, -0.15) is 4.98 Å². The van der Waals surface area contributed by atoms with Crippen LogP contribution in [0.1, 0.15) is 10.4 Å². The Morgan fingerprint density at radius 3 is 2.42 bits per heavy atom. The van der Waals surface area contributed by atoms with Gasteiger partial charge < -0.3 is 4.74 Å². The lowest BCUT2D eigenvalue weighted by Crippen LogP contribution is -2.30. The van der Waals surface area contributed by atoms with Crippen LogP contribution in [0.3, 0.4) is 0 Å². The summed E-state index contributed by atoms with van der Waals surface area (Å²) in [6, 6.07) is 9.89. The van der Waals surface area contributed by atoms with E-state index in [1.54, 1.807) is 24.3 Å². The number of rotatable bonds is 7. The number of hydrogen-bond acceptors (Lipinski definition) is 9. The van der Waals surface area contributed by atoms with Crippen LogP contribution in [-0.2, 0) is 0 Å². The predicted octanol–water partition coefficient (Wildman–Crippen LogP) is 4.26. The summed E-state index contributed by atoms with van der Waals surface area (Å²) in [5, 5.41) is 22.4. The Labute approximate surface area is 186 Å². The molecule has 2 N–H and O–H groups in total. The Morgan fingerprint density at radius 1 is 1.06 bits per heavy atom. The number of halogens is 2. The Hall–Kier alpha value is -3.84. The van der Waals surface area contributed by atoms with E-state index in [4.69, 9.17) is 16.3 Å². The van der Waals surface area contributed by atoms with Crippen molar-refractivity contribution in [1.82, 2.24) is 15.4 Å². The molecule has 1 heterocycles. The highest BCUT2D eigenvalue weighted by Gasteiger charge is 2.26. The molecule has 0 saturated carbocycles. The van der Waals surface area contributed by atoms with Gasteiger partial charge in [-0.05, 0) is 36.4 Å². The van der Waals surface area contributed by atoms with E-state index in [2.05, 4.69) is 36.7 Å². The molecule has 158 valence electrons. The molecule has 0 aliphatic rings. The fourth-order valence-corrected chi connectivity index (χ4v) is 2.74. The minimum absolute atomic E-state index is 0.105. The SMILES string of the molecule is O=C(NNc1ncnc(Oc2ccc(Br)cc2)c1[N+](=O)[O-])c1ccc(Cl)c([N+](=O)[O-])c1. The van der Waals surface area contributed by atoms with Crippen LogP contribution < -0.4 is 15.6 Å². The van der Waals surface area contributed by atoms with Gasteiger partial charge in [0, 0.05) is 16.1 Å². The first-order chi connectivity index (χ1) is 14.8. The largest absolute Gasteiger partial charge is 0.434 e. The van der Waals surface area contributed by atoms with Gasteiger partial charge in [0.25, 0.3) is 11.6 Å². The number of nitrogens with zero attached hydrogens (tertiary/aromatic N) is 4. The summed E-state index contributed by atoms with van der Waals surface area (Å²) in [4.78, 5) is 40.8. The average Bonchev–Trinajstić information content (AvgIpc) is 2.73. The van der Waals surface area contributed by atoms with E-state index in [0.29, 0.717) is 0 Å². The first-order valence-corrected chi connectivity index (χ1v) is 9.36. The molecular weight excluding hydrogens is 500 g/mol. The molecule has 1 amide bonds. The van der Waals surface area contributed by atoms with E-state index in [9.17, 15) is 25.0 Å². The van der Waals surface area contributed by atoms with Gasteiger partial charge in [-0.1, -0.05) is 27.5 Å². The molecule has 0 fully saturated rings. The zero-order valence-electron chi connectivity index (χ0n) is 15.1. The second-order valence-corrected chi connectivity index (χ2v) is 7.01. The molecule has 0 radical (unpaired) electrons. The van der Waals surface area contributed by atoms with Gasteiger partial charge in [-0.15, -0.1) is 0 Å². The number of hydrazine groups is 1. The van der Waals surface area contributed by atoms with E-state index in [0.717, 1.165) is 16.9 Å². The van der Waals surface area contributed by atoms with Crippen molar-refractivity contribution in [2.45, 2.75) is 0 Å². The molecule has 0 saturated heterocycles. The van der Waals surface area contributed by atoms with E-state index < -0.39 is 27.1 Å². The molecule has 0 atom stereocenters. The lowest BCUT2D eigenvalue weighted by Gasteiger charge is -2.10. The van der Waals surface area contributed by atoms with Crippen LogP contribution in [0.25, 0.3) is 0 Å². The fraction of sp³-hybridized carbons (Fsp3) is 0. The predicted molar refractivity (Wildman–Crippen MR) is 112 cm³/mol. The number of hydrogen-bond donors (Lipinski definition) is 2. The summed E-state index contributed by atoms with van der Waals surface area (Å²) >= 11 is 8.99. The van der Waals surface area contributed by atoms with E-state index >= 15 is 0 Å². The quantitative estimate of drug-likeness (QED) is 0.350. The maximum atomic E-state index is 12.3. The summed E-state index contributed by atoms with van der Waals surface area (Å²) in [6.45, 7) is 0. The summed E-state index contributed by atoms with van der Waals surface area (Å²) in [5.41, 5.74) is 3.29. The maximum Gasteiger partial charge on any atom is 0.374 e. The monoisotopic (exact) mass is 508 g/mol. The molecule has 3 aromatic rings. The Balaban J connectivity index is 1.82. The molecule has 1 aromatic heterocycles. The van der Waals surface area contributed by atoms with Crippen molar-refractivity contribution >= 4 is 50.6 Å². The molecule has 0 unspecified atom stereocenters. The molecule has 0 aliphatic carbocycles. The Kier molecular flexibility index (Phi) is 6.57. The van der Waals surface area contributed by atoms with Crippen molar-refractivity contribution in [3.05, 3.63) is 84.1 Å². The van der Waals surface area contributed by atoms with Gasteiger partial charge >= 0.3 is 11.6 Å². The van der Waals surface area contributed by atoms with Crippen molar-refractivity contribution in [3.63, 3.8) is 0 Å². The summed E-state index contributed by atoms with van der Waals surface area (Å²) in [6.07, 6.45) is 1.00. The smallest absolute Gasteiger partial charge is 0.374 e. The van der Waals surface area contributed by atoms with Gasteiger partial charge in [0.2, 0.25) is 5.82 Å². The minimum Gasteiger partial charge on any atom is -0.434 e. The van der Waals surface area contributed by atoms with E-state index in [-0.39, 0.29) is 28.0 Å². The number of aromatic nitrogens is 2. The zero-order valence-corrected chi connectivity index (χ0v) is 17.5. The van der Waals surface area contributed by atoms with Crippen molar-refractivity contribution < 1.29 is 19.4 Å². The van der Waals surface area contributed by atoms with E-state index in [1.807, 2.05) is 0 Å². The molecule has 2 aromatic carbocycles. The Bertz CT molecular complexity index is 1180. The van der Waals surface area contributed by atoms with Crippen molar-refractivity contribution in [1.29, 1.82) is 0 Å². The van der Waals surface area contributed by atoms with Crippen molar-refractivity contribution in [3.8, 4) is 11.6 Å². The third-order valence-electron chi connectivity index (χ3n) is 3.70. The molecule has 14 heteroatoms. The number of anilines is 1. The van der Waals surface area contributed by atoms with Gasteiger partial charge in [-0.25, -0.2) is 4.98 Å². The average molecular weight is 510 g/mol. The molecule has 0 spiro atoms. The molecule has 12 nitrogen and oxygen atoms in total. The van der Waals surface area contributed by atoms with Crippen LogP contribution in [0, 0.1) is 20.2 Å². The number of nitro benzene ring substituents is 1. The van der Waals surface area contributed by atoms with Gasteiger partial charge in [0.1, 0.15) is 17.1 Å². The third-order valence-corrected chi connectivity index (χ3v) is 4.55. The highest BCUT2D eigenvalue weighted by Crippen LogP contribution is 2.34. The van der Waals surface area contributed by atoms with Crippen molar-refractivity contribution in [2.75, 3.05) is 5.43 Å². The highest BCUT2D eigenvalue weighted by atomic mass is 79.9. The van der Waals surface area contributed by atoms with Crippen LogP contribution in [-0.4, -0.2) is 25.7 Å². The first-order valence-electron chi connectivity index (χ1n) is 8.19. The highest BCUT2D eigenvalue weighted by molar-refractivity contribution is 9.10. The number of amides is 1. The number of ether oxygens (including phenoxy) is 1. The molecule has 0 aliphatic heterocycles. The normalized spacial score (nSPS) is 10.3. The van der Waals surface area contributed by atoms with E-state index in [1.165, 1.54) is 12.1 Å². The molecule has 3 rings (SSSR count). The summed E-state index contributed by atoms with van der Waals surface area (Å²) < 4.78 is 6.24. The standard InChI is InChI=1S/C17H10BrClN6O6/c18-10-2-4-11(5-3-10)31-17-14(25(29)30)15(20-8-21-17)22-23-16(26)9-1-6-12(19)13(7-9)24(27)28/h1-8H,(H,23,26)(H,20,21,22). The number of carbonyl (C=O) groups is 1. The second kappa shape index (κ2) is 9.32. The topological polar surface area (TPSA) is 162 Å². The van der Waals surface area contributed by atoms with Crippen LogP contribution in [0.4, 0.5) is 17.2 Å². The maximum absolute atomic E-state index is 12.3. The number of nitrogens with one attached hydrogen (secondary N) is 2. The summed E-state index contributed by atoms with van der Waals surface area (Å²) in [7, 11) is 0. The lowest BCUT2D eigenvalue weighted by atomic mass is 10.2. The second-order valence-electron chi connectivity index (χ2n) is 5.69. The first kappa shape index (κ1) is 21.9. The molecular formula is C17H10BrClN6O6. The lowest BCUT2D eigenvalue weighted by molar-refractivity contribution is -0.385. The van der Waals surface area contributed by atoms with Gasteiger partial charge in [-0.3, -0.25) is 35.9 Å².